The van der Waals surface area contributed by atoms with Crippen LogP contribution >= 0.6 is 0 Å². The maximum absolute atomic E-state index is 14.1. The summed E-state index contributed by atoms with van der Waals surface area (Å²) in [4.78, 5) is 1.06. The van der Waals surface area contributed by atoms with E-state index in [-0.39, 0.29) is 4.31 Å². The number of nitrogens with zero attached hydrogens (tertiary/aromatic N) is 2. The van der Waals surface area contributed by atoms with Crippen molar-refractivity contribution < 1.29 is 60.4 Å². The predicted octanol–water partition coefficient (Wildman–Crippen LogP) is 0.743. The monoisotopic (exact) mass is 506 g/mol. The number of alkyl halides is 8. The minimum atomic E-state index is -6.68. The molecule has 0 atom stereocenters. The molecule has 0 spiro atoms. The van der Waals surface area contributed by atoms with Crippen LogP contribution in [0.3, 0.4) is 0 Å². The van der Waals surface area contributed by atoms with Gasteiger partial charge in [0.1, 0.15) is 0 Å². The first kappa shape index (κ1) is 26.2. The Morgan fingerprint density at radius 2 is 1.14 bits per heavy atom. The normalized spacial score (nSPS) is 19.4. The van der Waals surface area contributed by atoms with Crippen LogP contribution in [0, 0.1) is 0 Å². The topological polar surface area (TPSA) is 109 Å². The molecular weight excluding hydrogens is 492 g/mol. The third kappa shape index (κ3) is 5.88. The summed E-state index contributed by atoms with van der Waals surface area (Å²) in [6.07, 6.45) is -5.81. The Labute approximate surface area is 160 Å². The summed E-state index contributed by atoms with van der Waals surface area (Å²) in [5.41, 5.74) is -6.22. The van der Waals surface area contributed by atoms with E-state index in [0.717, 1.165) is 4.90 Å². The summed E-state index contributed by atoms with van der Waals surface area (Å²) in [7, 11) is -19.5. The molecule has 0 aromatic carbocycles. The van der Waals surface area contributed by atoms with Crippen LogP contribution < -0.4 is 0 Å². The first-order chi connectivity index (χ1) is 12.6. The van der Waals surface area contributed by atoms with Crippen molar-refractivity contribution in [3.05, 3.63) is 0 Å². The van der Waals surface area contributed by atoms with E-state index >= 15 is 0 Å². The van der Waals surface area contributed by atoms with Gasteiger partial charge in [-0.15, -0.1) is 0 Å². The molecular formula is C10H14F8N2O6S3. The van der Waals surface area contributed by atoms with Crippen molar-refractivity contribution in [1.29, 1.82) is 0 Å². The fourth-order valence-corrected chi connectivity index (χ4v) is 7.82. The Hall–Kier alpha value is -0.790. The van der Waals surface area contributed by atoms with Crippen molar-refractivity contribution in [2.24, 2.45) is 0 Å². The van der Waals surface area contributed by atoms with Gasteiger partial charge in [0.05, 0.1) is 6.42 Å². The molecule has 174 valence electrons. The predicted molar refractivity (Wildman–Crippen MR) is 81.3 cm³/mol. The lowest BCUT2D eigenvalue weighted by atomic mass is 10.3. The molecule has 0 bridgehead atoms. The first-order valence-corrected chi connectivity index (χ1v) is 12.1. The summed E-state index contributed by atoms with van der Waals surface area (Å²) in [5, 5.41) is -3.19. The zero-order valence-corrected chi connectivity index (χ0v) is 16.5. The zero-order chi connectivity index (χ0) is 23.1. The molecule has 1 saturated heterocycles. The van der Waals surface area contributed by atoms with E-state index in [1.165, 1.54) is 0 Å². The van der Waals surface area contributed by atoms with E-state index in [1.807, 2.05) is 0 Å². The molecule has 0 saturated carbocycles. The van der Waals surface area contributed by atoms with Gasteiger partial charge in [0, 0.05) is 32.7 Å². The average molecular weight is 506 g/mol. The summed E-state index contributed by atoms with van der Waals surface area (Å²) < 4.78 is 164. The molecule has 1 heterocycles. The Balaban J connectivity index is 2.99. The molecule has 0 N–H and O–H groups in total. The molecule has 1 fully saturated rings. The number of hydrogen-bond acceptors (Lipinski definition) is 7. The van der Waals surface area contributed by atoms with Crippen LogP contribution in [0.5, 0.6) is 0 Å². The third-order valence-electron chi connectivity index (χ3n) is 3.71. The standard InChI is InChI=1S/C10H14F8N2O6S3/c11-8(12,13)1-2-19-3-5-20(6-4-19)29(25,26)10(17,18)28(23,24)7-27(21,22)9(14,15)16/h1-7H2. The first-order valence-electron chi connectivity index (χ1n) is 7.32. The van der Waals surface area contributed by atoms with E-state index in [0.29, 0.717) is 0 Å². The van der Waals surface area contributed by atoms with Crippen molar-refractivity contribution in [3.8, 4) is 0 Å². The fourth-order valence-electron chi connectivity index (χ4n) is 2.13. The number of sulfonamides is 1. The fraction of sp³-hybridized carbons (Fsp3) is 1.00. The second-order valence-electron chi connectivity index (χ2n) is 5.87. The minimum absolute atomic E-state index is 0.130. The maximum atomic E-state index is 14.1. The van der Waals surface area contributed by atoms with Gasteiger partial charge in [0.15, 0.2) is 5.08 Å². The molecule has 0 aromatic rings. The van der Waals surface area contributed by atoms with Gasteiger partial charge >= 0.3 is 16.3 Å². The van der Waals surface area contributed by atoms with Gasteiger partial charge in [-0.2, -0.15) is 39.4 Å². The van der Waals surface area contributed by atoms with Gasteiger partial charge in [0.25, 0.3) is 19.9 Å². The Kier molecular flexibility index (Phi) is 7.28. The molecule has 8 nitrogen and oxygen atoms in total. The molecule has 29 heavy (non-hydrogen) atoms. The van der Waals surface area contributed by atoms with Crippen LogP contribution in [-0.4, -0.2) is 88.5 Å². The highest BCUT2D eigenvalue weighted by Gasteiger charge is 2.63. The second kappa shape index (κ2) is 8.04. The molecule has 1 aliphatic heterocycles. The number of halogens is 8. The quantitative estimate of drug-likeness (QED) is 0.469. The average Bonchev–Trinajstić information content (AvgIpc) is 2.50. The van der Waals surface area contributed by atoms with Crippen LogP contribution in [0.4, 0.5) is 35.1 Å². The zero-order valence-electron chi connectivity index (χ0n) is 14.0. The van der Waals surface area contributed by atoms with Crippen molar-refractivity contribution >= 4 is 29.7 Å². The van der Waals surface area contributed by atoms with Crippen molar-refractivity contribution in [3.63, 3.8) is 0 Å². The van der Waals surface area contributed by atoms with E-state index < -0.39 is 90.2 Å². The SMILES string of the molecule is O=S(=O)(CS(=O)(=O)C(F)(F)S(=O)(=O)N1CCN(CCC(F)(F)F)CC1)C(F)(F)F. The van der Waals surface area contributed by atoms with Gasteiger partial charge in [-0.05, 0) is 0 Å². The molecule has 1 aliphatic rings. The number of sulfone groups is 2. The number of rotatable bonds is 7. The van der Waals surface area contributed by atoms with Crippen molar-refractivity contribution in [1.82, 2.24) is 9.21 Å². The largest absolute Gasteiger partial charge is 0.498 e. The van der Waals surface area contributed by atoms with Gasteiger partial charge in [-0.3, -0.25) is 0 Å². The van der Waals surface area contributed by atoms with E-state index in [4.69, 9.17) is 0 Å². The van der Waals surface area contributed by atoms with Gasteiger partial charge < -0.3 is 4.90 Å². The molecule has 0 aromatic heterocycles. The van der Waals surface area contributed by atoms with Gasteiger partial charge in [-0.1, -0.05) is 0 Å². The lowest BCUT2D eigenvalue weighted by Gasteiger charge is -2.35. The highest BCUT2D eigenvalue weighted by Crippen LogP contribution is 2.36. The Morgan fingerprint density at radius 3 is 1.52 bits per heavy atom. The lowest BCUT2D eigenvalue weighted by molar-refractivity contribution is -0.138. The van der Waals surface area contributed by atoms with E-state index in [2.05, 4.69) is 0 Å². The smallest absolute Gasteiger partial charge is 0.300 e. The van der Waals surface area contributed by atoms with E-state index in [1.54, 1.807) is 0 Å². The molecule has 0 unspecified atom stereocenters. The molecule has 19 heteroatoms. The van der Waals surface area contributed by atoms with Crippen LogP contribution in [0.1, 0.15) is 6.42 Å². The van der Waals surface area contributed by atoms with Crippen molar-refractivity contribution in [2.45, 2.75) is 22.7 Å². The van der Waals surface area contributed by atoms with Crippen LogP contribution in [0.25, 0.3) is 0 Å². The Bertz CT molecular complexity index is 902. The van der Waals surface area contributed by atoms with Crippen molar-refractivity contribution in [2.75, 3.05) is 37.8 Å². The molecule has 0 amide bonds. The Morgan fingerprint density at radius 1 is 0.690 bits per heavy atom. The van der Waals surface area contributed by atoms with E-state index in [9.17, 15) is 60.4 Å². The molecule has 0 radical (unpaired) electrons. The second-order valence-corrected chi connectivity index (χ2v) is 12.5. The minimum Gasteiger partial charge on any atom is -0.300 e. The summed E-state index contributed by atoms with van der Waals surface area (Å²) in [6.45, 7) is -3.33. The number of piperazine rings is 1. The molecule has 0 aliphatic carbocycles. The van der Waals surface area contributed by atoms with Gasteiger partial charge in [0.2, 0.25) is 9.84 Å². The summed E-state index contributed by atoms with van der Waals surface area (Å²) >= 11 is 0. The number of hydrogen-bond donors (Lipinski definition) is 0. The third-order valence-corrected chi connectivity index (χ3v) is 10.7. The highest BCUT2D eigenvalue weighted by atomic mass is 32.3. The van der Waals surface area contributed by atoms with Crippen LogP contribution in [0.2, 0.25) is 0 Å². The van der Waals surface area contributed by atoms with Gasteiger partial charge in [-0.25, -0.2) is 25.3 Å². The summed E-state index contributed by atoms with van der Waals surface area (Å²) in [6, 6.07) is 0. The summed E-state index contributed by atoms with van der Waals surface area (Å²) in [5.74, 6) is 0. The highest BCUT2D eigenvalue weighted by molar-refractivity contribution is 8.15. The lowest BCUT2D eigenvalue weighted by Crippen LogP contribution is -2.55. The molecule has 1 rings (SSSR count). The van der Waals surface area contributed by atoms with Crippen LogP contribution in [-0.2, 0) is 29.7 Å². The maximum Gasteiger partial charge on any atom is 0.498 e. The van der Waals surface area contributed by atoms with Crippen LogP contribution in [0.15, 0.2) is 0 Å².